The number of rotatable bonds is 4. The maximum atomic E-state index is 11.6. The Morgan fingerprint density at radius 2 is 1.79 bits per heavy atom. The molecule has 0 heterocycles. The first kappa shape index (κ1) is 12.5. The number of carbonyl (C=O) groups excluding carboxylic acids is 1. The molecular formula is C6H9F3N2O3. The summed E-state index contributed by atoms with van der Waals surface area (Å²) < 4.78 is 34.7. The molecule has 82 valence electrons. The molecule has 0 aromatic carbocycles. The number of carbonyl (C=O) groups is 2. The van der Waals surface area contributed by atoms with E-state index in [1.807, 2.05) is 10.6 Å². The molecule has 2 amide bonds. The van der Waals surface area contributed by atoms with Crippen LogP contribution in [0.5, 0.6) is 0 Å². The van der Waals surface area contributed by atoms with Crippen LogP contribution in [0.3, 0.4) is 0 Å². The minimum Gasteiger partial charge on any atom is -0.480 e. The average Bonchev–Trinajstić information content (AvgIpc) is 1.98. The summed E-state index contributed by atoms with van der Waals surface area (Å²) in [5, 5.41) is 11.8. The van der Waals surface area contributed by atoms with Crippen molar-refractivity contribution >= 4 is 12.0 Å². The number of alkyl halides is 3. The first-order valence-electron chi connectivity index (χ1n) is 3.61. The lowest BCUT2D eigenvalue weighted by Crippen LogP contribution is -2.39. The molecular weight excluding hydrogens is 205 g/mol. The molecule has 0 aliphatic heterocycles. The lowest BCUT2D eigenvalue weighted by atomic mass is 10.4. The Kier molecular flexibility index (Phi) is 4.74. The number of amides is 2. The molecule has 0 radical (unpaired) electrons. The van der Waals surface area contributed by atoms with Gasteiger partial charge in [-0.2, -0.15) is 13.2 Å². The molecule has 0 aromatic rings. The average molecular weight is 214 g/mol. The van der Waals surface area contributed by atoms with E-state index in [9.17, 15) is 22.8 Å². The van der Waals surface area contributed by atoms with Gasteiger partial charge in [0.2, 0.25) is 0 Å². The standard InChI is InChI=1S/C6H9F3N2O3/c7-6(8,9)1-2-10-5(14)11-3-4(12)13/h1-3H2,(H,12,13)(H2,10,11,14). The van der Waals surface area contributed by atoms with E-state index in [0.717, 1.165) is 0 Å². The van der Waals surface area contributed by atoms with Crippen LogP contribution in [-0.2, 0) is 4.79 Å². The van der Waals surface area contributed by atoms with Gasteiger partial charge in [-0.15, -0.1) is 0 Å². The third-order valence-corrected chi connectivity index (χ3v) is 1.09. The molecule has 0 unspecified atom stereocenters. The van der Waals surface area contributed by atoms with Gasteiger partial charge in [0.05, 0.1) is 6.42 Å². The number of nitrogens with one attached hydrogen (secondary N) is 2. The number of hydrogen-bond donors (Lipinski definition) is 3. The van der Waals surface area contributed by atoms with Crippen molar-refractivity contribution in [2.75, 3.05) is 13.1 Å². The molecule has 0 fully saturated rings. The quantitative estimate of drug-likeness (QED) is 0.630. The molecule has 0 saturated heterocycles. The summed E-state index contributed by atoms with van der Waals surface area (Å²) in [6.07, 6.45) is -5.48. The lowest BCUT2D eigenvalue weighted by Gasteiger charge is -2.07. The summed E-state index contributed by atoms with van der Waals surface area (Å²) in [7, 11) is 0. The van der Waals surface area contributed by atoms with Crippen molar-refractivity contribution in [3.63, 3.8) is 0 Å². The normalized spacial score (nSPS) is 10.8. The van der Waals surface area contributed by atoms with Crippen molar-refractivity contribution in [1.82, 2.24) is 10.6 Å². The van der Waals surface area contributed by atoms with Crippen LogP contribution in [0.4, 0.5) is 18.0 Å². The van der Waals surface area contributed by atoms with Crippen molar-refractivity contribution in [1.29, 1.82) is 0 Å². The van der Waals surface area contributed by atoms with Gasteiger partial charge in [-0.25, -0.2) is 4.79 Å². The Morgan fingerprint density at radius 3 is 2.21 bits per heavy atom. The Hall–Kier alpha value is -1.47. The minimum absolute atomic E-state index is 0.574. The molecule has 0 aliphatic carbocycles. The van der Waals surface area contributed by atoms with Gasteiger partial charge in [0.25, 0.3) is 0 Å². The number of urea groups is 1. The maximum Gasteiger partial charge on any atom is 0.390 e. The van der Waals surface area contributed by atoms with Crippen LogP contribution in [0.2, 0.25) is 0 Å². The third-order valence-electron chi connectivity index (χ3n) is 1.09. The monoisotopic (exact) mass is 214 g/mol. The largest absolute Gasteiger partial charge is 0.480 e. The summed E-state index contributed by atoms with van der Waals surface area (Å²) in [4.78, 5) is 20.5. The zero-order valence-corrected chi connectivity index (χ0v) is 7.02. The van der Waals surface area contributed by atoms with Crippen LogP contribution < -0.4 is 10.6 Å². The molecule has 0 aliphatic rings. The molecule has 3 N–H and O–H groups in total. The van der Waals surface area contributed by atoms with Gasteiger partial charge in [-0.05, 0) is 0 Å². The number of carboxylic acids is 1. The highest BCUT2D eigenvalue weighted by Gasteiger charge is 2.26. The van der Waals surface area contributed by atoms with Crippen LogP contribution in [0, 0.1) is 0 Å². The zero-order chi connectivity index (χ0) is 11.2. The van der Waals surface area contributed by atoms with Crippen molar-refractivity contribution in [3.05, 3.63) is 0 Å². The van der Waals surface area contributed by atoms with Crippen molar-refractivity contribution in [2.24, 2.45) is 0 Å². The Morgan fingerprint density at radius 1 is 1.21 bits per heavy atom. The molecule has 0 bridgehead atoms. The second-order valence-electron chi connectivity index (χ2n) is 2.37. The predicted molar refractivity (Wildman–Crippen MR) is 39.7 cm³/mol. The zero-order valence-electron chi connectivity index (χ0n) is 7.02. The Bertz CT molecular complexity index is 217. The lowest BCUT2D eigenvalue weighted by molar-refractivity contribution is -0.136. The van der Waals surface area contributed by atoms with Gasteiger partial charge in [0.15, 0.2) is 0 Å². The van der Waals surface area contributed by atoms with E-state index in [2.05, 4.69) is 0 Å². The molecule has 0 atom stereocenters. The van der Waals surface area contributed by atoms with E-state index in [1.54, 1.807) is 0 Å². The fourth-order valence-corrected chi connectivity index (χ4v) is 0.536. The summed E-state index contributed by atoms with van der Waals surface area (Å²) in [5.74, 6) is -1.27. The predicted octanol–water partition coefficient (Wildman–Crippen LogP) is 0.323. The maximum absolute atomic E-state index is 11.6. The number of carboxylic acid groups (broad SMARTS) is 1. The second-order valence-corrected chi connectivity index (χ2v) is 2.37. The molecule has 0 aromatic heterocycles. The molecule has 0 rings (SSSR count). The van der Waals surface area contributed by atoms with Gasteiger partial charge in [0, 0.05) is 6.54 Å². The molecule has 0 saturated carbocycles. The summed E-state index contributed by atoms with van der Waals surface area (Å²) in [5.41, 5.74) is 0. The van der Waals surface area contributed by atoms with Crippen molar-refractivity contribution in [3.8, 4) is 0 Å². The molecule has 14 heavy (non-hydrogen) atoms. The van der Waals surface area contributed by atoms with E-state index in [1.165, 1.54) is 0 Å². The second kappa shape index (κ2) is 5.30. The Labute approximate surface area is 77.3 Å². The third kappa shape index (κ3) is 8.62. The molecule has 8 heteroatoms. The van der Waals surface area contributed by atoms with Crippen LogP contribution in [0.25, 0.3) is 0 Å². The fraction of sp³-hybridized carbons (Fsp3) is 0.667. The van der Waals surface area contributed by atoms with E-state index < -0.39 is 37.7 Å². The van der Waals surface area contributed by atoms with Crippen LogP contribution in [-0.4, -0.2) is 36.4 Å². The van der Waals surface area contributed by atoms with Crippen LogP contribution in [0.15, 0.2) is 0 Å². The van der Waals surface area contributed by atoms with Gasteiger partial charge in [0.1, 0.15) is 6.54 Å². The van der Waals surface area contributed by atoms with E-state index in [-0.39, 0.29) is 0 Å². The van der Waals surface area contributed by atoms with Gasteiger partial charge >= 0.3 is 18.2 Å². The minimum atomic E-state index is -4.33. The first-order chi connectivity index (χ1) is 6.31. The molecule has 0 spiro atoms. The van der Waals surface area contributed by atoms with Crippen LogP contribution in [0.1, 0.15) is 6.42 Å². The first-order valence-corrected chi connectivity index (χ1v) is 3.61. The topological polar surface area (TPSA) is 78.4 Å². The fourth-order valence-electron chi connectivity index (χ4n) is 0.536. The van der Waals surface area contributed by atoms with E-state index >= 15 is 0 Å². The van der Waals surface area contributed by atoms with Crippen molar-refractivity contribution < 1.29 is 27.9 Å². The highest BCUT2D eigenvalue weighted by Crippen LogP contribution is 2.17. The van der Waals surface area contributed by atoms with E-state index in [0.29, 0.717) is 0 Å². The van der Waals surface area contributed by atoms with Gasteiger partial charge in [-0.1, -0.05) is 0 Å². The summed E-state index contributed by atoms with van der Waals surface area (Å²) in [6, 6.07) is -0.934. The van der Waals surface area contributed by atoms with Gasteiger partial charge < -0.3 is 15.7 Å². The Balaban J connectivity index is 3.50. The highest BCUT2D eigenvalue weighted by atomic mass is 19.4. The number of halogens is 3. The highest BCUT2D eigenvalue weighted by molar-refractivity contribution is 5.79. The summed E-state index contributed by atoms with van der Waals surface area (Å²) >= 11 is 0. The number of aliphatic carboxylic acids is 1. The smallest absolute Gasteiger partial charge is 0.390 e. The molecule has 5 nitrogen and oxygen atoms in total. The number of hydrogen-bond acceptors (Lipinski definition) is 2. The van der Waals surface area contributed by atoms with E-state index in [4.69, 9.17) is 5.11 Å². The van der Waals surface area contributed by atoms with Crippen LogP contribution >= 0.6 is 0 Å². The summed E-state index contributed by atoms with van der Waals surface area (Å²) in [6.45, 7) is -1.20. The SMILES string of the molecule is O=C(O)CNC(=O)NCCC(F)(F)F. The van der Waals surface area contributed by atoms with Crippen molar-refractivity contribution in [2.45, 2.75) is 12.6 Å². The van der Waals surface area contributed by atoms with Gasteiger partial charge in [-0.3, -0.25) is 4.79 Å².